The second kappa shape index (κ2) is 8.07. The summed E-state index contributed by atoms with van der Waals surface area (Å²) < 4.78 is 29.4. The van der Waals surface area contributed by atoms with E-state index in [1.165, 1.54) is 0 Å². The van der Waals surface area contributed by atoms with Crippen LogP contribution in [-0.4, -0.2) is 31.6 Å². The van der Waals surface area contributed by atoms with Crippen LogP contribution in [0.1, 0.15) is 31.4 Å². The highest BCUT2D eigenvalue weighted by atomic mass is 19.3. The molecule has 0 aromatic heterocycles. The topological polar surface area (TPSA) is 38.5 Å². The Balaban J connectivity index is 2.90. The number of halogens is 2. The number of hydrogen-bond acceptors (Lipinski definition) is 3. The molecular formula is C14H22F2N2O. The van der Waals surface area contributed by atoms with Crippen molar-refractivity contribution in [3.05, 3.63) is 29.8 Å². The normalized spacial score (nSPS) is 13.0. The zero-order valence-electron chi connectivity index (χ0n) is 11.5. The fraction of sp³-hybridized carbons (Fsp3) is 0.571. The van der Waals surface area contributed by atoms with Gasteiger partial charge < -0.3 is 10.5 Å². The molecule has 0 aliphatic carbocycles. The molecule has 5 heteroatoms. The van der Waals surface area contributed by atoms with E-state index in [0.29, 0.717) is 12.1 Å². The maximum absolute atomic E-state index is 12.4. The van der Waals surface area contributed by atoms with Crippen LogP contribution < -0.4 is 10.5 Å². The quantitative estimate of drug-likeness (QED) is 0.790. The first-order valence-electron chi connectivity index (χ1n) is 6.54. The minimum Gasteiger partial charge on any atom is -0.434 e. The molecule has 0 bridgehead atoms. The summed E-state index contributed by atoms with van der Waals surface area (Å²) in [5, 5.41) is 0. The first-order chi connectivity index (χ1) is 9.10. The smallest absolute Gasteiger partial charge is 0.387 e. The van der Waals surface area contributed by atoms with Crippen LogP contribution in [0, 0.1) is 0 Å². The third-order valence-corrected chi connectivity index (χ3v) is 3.11. The van der Waals surface area contributed by atoms with Crippen LogP contribution in [0.4, 0.5) is 8.78 Å². The Kier molecular flexibility index (Phi) is 6.73. The van der Waals surface area contributed by atoms with Gasteiger partial charge in [0.2, 0.25) is 0 Å². The van der Waals surface area contributed by atoms with Gasteiger partial charge in [0.15, 0.2) is 0 Å². The van der Waals surface area contributed by atoms with Crippen LogP contribution in [0.2, 0.25) is 0 Å². The Hall–Kier alpha value is -1.20. The van der Waals surface area contributed by atoms with Gasteiger partial charge in [0.25, 0.3) is 0 Å². The maximum atomic E-state index is 12.4. The SMILES string of the molecule is CCCCN(C)C(CN)c1ccccc1OC(F)F. The molecule has 0 aliphatic heterocycles. The molecule has 0 amide bonds. The highest BCUT2D eigenvalue weighted by Gasteiger charge is 2.20. The summed E-state index contributed by atoms with van der Waals surface area (Å²) in [6.07, 6.45) is 2.13. The summed E-state index contributed by atoms with van der Waals surface area (Å²) in [5.74, 6) is 0.205. The predicted octanol–water partition coefficient (Wildman–Crippen LogP) is 3.02. The van der Waals surface area contributed by atoms with Gasteiger partial charge in [-0.1, -0.05) is 31.5 Å². The zero-order chi connectivity index (χ0) is 14.3. The second-order valence-corrected chi connectivity index (χ2v) is 4.50. The molecule has 0 saturated carbocycles. The van der Waals surface area contributed by atoms with Crippen LogP contribution in [0.3, 0.4) is 0 Å². The van der Waals surface area contributed by atoms with E-state index in [2.05, 4.69) is 16.6 Å². The Labute approximate surface area is 113 Å². The van der Waals surface area contributed by atoms with Crippen LogP contribution in [0.15, 0.2) is 24.3 Å². The van der Waals surface area contributed by atoms with Crippen LogP contribution in [0.5, 0.6) is 5.75 Å². The van der Waals surface area contributed by atoms with Crippen LogP contribution >= 0.6 is 0 Å². The molecule has 0 spiro atoms. The van der Waals surface area contributed by atoms with Crippen molar-refractivity contribution in [3.63, 3.8) is 0 Å². The molecule has 108 valence electrons. The minimum absolute atomic E-state index is 0.110. The van der Waals surface area contributed by atoms with E-state index in [0.717, 1.165) is 19.4 Å². The van der Waals surface area contributed by atoms with E-state index in [1.54, 1.807) is 18.2 Å². The van der Waals surface area contributed by atoms with E-state index in [9.17, 15) is 8.78 Å². The number of benzene rings is 1. The lowest BCUT2D eigenvalue weighted by Gasteiger charge is -2.28. The molecule has 0 saturated heterocycles. The van der Waals surface area contributed by atoms with Gasteiger partial charge in [-0.3, -0.25) is 4.90 Å². The number of alkyl halides is 2. The number of rotatable bonds is 8. The number of para-hydroxylation sites is 1. The molecule has 1 aromatic carbocycles. The first-order valence-corrected chi connectivity index (χ1v) is 6.54. The number of ether oxygens (including phenoxy) is 1. The largest absolute Gasteiger partial charge is 0.434 e. The molecule has 2 N–H and O–H groups in total. The molecule has 0 heterocycles. The second-order valence-electron chi connectivity index (χ2n) is 4.50. The summed E-state index contributed by atoms with van der Waals surface area (Å²) in [7, 11) is 1.95. The first kappa shape index (κ1) is 15.9. The van der Waals surface area contributed by atoms with E-state index in [-0.39, 0.29) is 11.8 Å². The molecule has 0 aliphatic rings. The number of nitrogens with two attached hydrogens (primary N) is 1. The Morgan fingerprint density at radius 1 is 1.32 bits per heavy atom. The van der Waals surface area contributed by atoms with Gasteiger partial charge >= 0.3 is 6.61 Å². The summed E-state index contributed by atoms with van der Waals surface area (Å²) in [6, 6.07) is 6.72. The van der Waals surface area contributed by atoms with Crippen LogP contribution in [-0.2, 0) is 0 Å². The maximum Gasteiger partial charge on any atom is 0.387 e. The van der Waals surface area contributed by atoms with Crippen molar-refractivity contribution in [1.82, 2.24) is 4.90 Å². The fourth-order valence-electron chi connectivity index (χ4n) is 2.07. The van der Waals surface area contributed by atoms with Gasteiger partial charge in [-0.05, 0) is 26.1 Å². The Morgan fingerprint density at radius 3 is 2.58 bits per heavy atom. The minimum atomic E-state index is -2.82. The van der Waals surface area contributed by atoms with Gasteiger partial charge in [0.05, 0.1) is 6.04 Å². The lowest BCUT2D eigenvalue weighted by molar-refractivity contribution is -0.0510. The van der Waals surface area contributed by atoms with Crippen molar-refractivity contribution in [1.29, 1.82) is 0 Å². The standard InChI is InChI=1S/C14H22F2N2O/c1-3-4-9-18(2)12(10-17)11-7-5-6-8-13(11)19-14(15)16/h5-8,12,14H,3-4,9-10,17H2,1-2H3. The number of likely N-dealkylation sites (N-methyl/N-ethyl adjacent to an activating group) is 1. The molecule has 19 heavy (non-hydrogen) atoms. The molecule has 1 aromatic rings. The Morgan fingerprint density at radius 2 is 2.00 bits per heavy atom. The summed E-state index contributed by atoms with van der Waals surface area (Å²) in [4.78, 5) is 2.08. The van der Waals surface area contributed by atoms with Crippen molar-refractivity contribution in [2.24, 2.45) is 5.73 Å². The number of nitrogens with zero attached hydrogens (tertiary/aromatic N) is 1. The molecule has 1 rings (SSSR count). The molecule has 1 atom stereocenters. The number of unbranched alkanes of at least 4 members (excludes halogenated alkanes) is 1. The zero-order valence-corrected chi connectivity index (χ0v) is 11.5. The molecule has 0 fully saturated rings. The fourth-order valence-corrected chi connectivity index (χ4v) is 2.07. The lowest BCUT2D eigenvalue weighted by atomic mass is 10.0. The molecule has 0 radical (unpaired) electrons. The van der Waals surface area contributed by atoms with E-state index in [4.69, 9.17) is 5.73 Å². The third-order valence-electron chi connectivity index (χ3n) is 3.11. The van der Waals surface area contributed by atoms with Gasteiger partial charge in [-0.25, -0.2) is 0 Å². The van der Waals surface area contributed by atoms with Gasteiger partial charge in [0, 0.05) is 12.1 Å². The van der Waals surface area contributed by atoms with E-state index < -0.39 is 6.61 Å². The monoisotopic (exact) mass is 272 g/mol. The van der Waals surface area contributed by atoms with Crippen molar-refractivity contribution in [3.8, 4) is 5.75 Å². The summed E-state index contributed by atoms with van der Waals surface area (Å²) >= 11 is 0. The summed E-state index contributed by atoms with van der Waals surface area (Å²) in [5.41, 5.74) is 6.50. The van der Waals surface area contributed by atoms with Crippen molar-refractivity contribution < 1.29 is 13.5 Å². The molecular weight excluding hydrogens is 250 g/mol. The van der Waals surface area contributed by atoms with Gasteiger partial charge in [-0.15, -0.1) is 0 Å². The third kappa shape index (κ3) is 4.76. The van der Waals surface area contributed by atoms with E-state index in [1.807, 2.05) is 13.1 Å². The van der Waals surface area contributed by atoms with Gasteiger partial charge in [-0.2, -0.15) is 8.78 Å². The van der Waals surface area contributed by atoms with Crippen molar-refractivity contribution in [2.45, 2.75) is 32.4 Å². The Bertz CT molecular complexity index is 374. The molecule has 3 nitrogen and oxygen atoms in total. The predicted molar refractivity (Wildman–Crippen MR) is 72.4 cm³/mol. The molecule has 1 unspecified atom stereocenters. The average molecular weight is 272 g/mol. The number of hydrogen-bond donors (Lipinski definition) is 1. The highest BCUT2D eigenvalue weighted by Crippen LogP contribution is 2.29. The van der Waals surface area contributed by atoms with Crippen molar-refractivity contribution in [2.75, 3.05) is 20.1 Å². The average Bonchev–Trinajstić information content (AvgIpc) is 2.38. The van der Waals surface area contributed by atoms with Crippen molar-refractivity contribution >= 4 is 0 Å². The van der Waals surface area contributed by atoms with E-state index >= 15 is 0 Å². The highest BCUT2D eigenvalue weighted by molar-refractivity contribution is 5.36. The summed E-state index contributed by atoms with van der Waals surface area (Å²) in [6.45, 7) is 0.533. The van der Waals surface area contributed by atoms with Crippen LogP contribution in [0.25, 0.3) is 0 Å². The van der Waals surface area contributed by atoms with Gasteiger partial charge in [0.1, 0.15) is 5.75 Å². The lowest BCUT2D eigenvalue weighted by Crippen LogP contribution is -2.31.